The van der Waals surface area contributed by atoms with Crippen LogP contribution in [0.1, 0.15) is 20.8 Å². The molecule has 2 atom stereocenters. The lowest BCUT2D eigenvalue weighted by Gasteiger charge is -2.41. The Balaban J connectivity index is 1.40. The highest BCUT2D eigenvalue weighted by atomic mass is 19.1. The molecular weight excluding hydrogens is 501 g/mol. The van der Waals surface area contributed by atoms with Crippen LogP contribution in [0.4, 0.5) is 21.7 Å². The molecular formula is C27H34FN9O2. The van der Waals surface area contributed by atoms with E-state index in [1.54, 1.807) is 24.1 Å². The number of carbonyl (C=O) groups excluding carboxylic acids is 1. The highest BCUT2D eigenvalue weighted by molar-refractivity contribution is 6.06. The van der Waals surface area contributed by atoms with Crippen molar-refractivity contribution in [1.29, 1.82) is 0 Å². The Hall–Kier alpha value is -4.03. The number of nitrogens with zero attached hydrogens (tertiary/aromatic N) is 6. The molecule has 1 fully saturated rings. The van der Waals surface area contributed by atoms with Gasteiger partial charge < -0.3 is 25.3 Å². The molecule has 39 heavy (non-hydrogen) atoms. The van der Waals surface area contributed by atoms with Gasteiger partial charge in [-0.25, -0.2) is 14.4 Å². The summed E-state index contributed by atoms with van der Waals surface area (Å²) in [7, 11) is 3.87. The molecule has 0 radical (unpaired) electrons. The average molecular weight is 536 g/mol. The van der Waals surface area contributed by atoms with Crippen molar-refractivity contribution in [1.82, 2.24) is 34.5 Å². The van der Waals surface area contributed by atoms with E-state index < -0.39 is 5.82 Å². The van der Waals surface area contributed by atoms with E-state index in [0.29, 0.717) is 34.9 Å². The van der Waals surface area contributed by atoms with E-state index in [-0.39, 0.29) is 29.6 Å². The molecule has 0 spiro atoms. The lowest BCUT2D eigenvalue weighted by molar-refractivity contribution is -0.122. The summed E-state index contributed by atoms with van der Waals surface area (Å²) in [4.78, 5) is 29.5. The van der Waals surface area contributed by atoms with E-state index in [1.165, 1.54) is 0 Å². The average Bonchev–Trinajstić information content (AvgIpc) is 3.48. The number of halogens is 1. The van der Waals surface area contributed by atoms with Crippen LogP contribution in [0.25, 0.3) is 22.2 Å². The van der Waals surface area contributed by atoms with Crippen LogP contribution >= 0.6 is 0 Å². The second-order valence-corrected chi connectivity index (χ2v) is 9.91. The number of anilines is 3. The Labute approximate surface area is 226 Å². The van der Waals surface area contributed by atoms with Gasteiger partial charge in [-0.2, -0.15) is 0 Å². The van der Waals surface area contributed by atoms with Gasteiger partial charge in [0.2, 0.25) is 11.9 Å². The molecule has 1 saturated heterocycles. The molecule has 0 unspecified atom stereocenters. The lowest BCUT2D eigenvalue weighted by Crippen LogP contribution is -2.56. The summed E-state index contributed by atoms with van der Waals surface area (Å²) in [6, 6.07) is 5.52. The van der Waals surface area contributed by atoms with E-state index >= 15 is 4.39 Å². The Morgan fingerprint density at radius 2 is 2.10 bits per heavy atom. The van der Waals surface area contributed by atoms with E-state index in [2.05, 4.69) is 54.5 Å². The van der Waals surface area contributed by atoms with Crippen LogP contribution in [-0.2, 0) is 11.8 Å². The van der Waals surface area contributed by atoms with Crippen molar-refractivity contribution >= 4 is 34.1 Å². The smallest absolute Gasteiger partial charge is 0.256 e. The minimum Gasteiger partial charge on any atom is -0.475 e. The summed E-state index contributed by atoms with van der Waals surface area (Å²) in [5, 5.41) is 11.1. The minimum atomic E-state index is -0.565. The topological polar surface area (TPSA) is 116 Å². The molecule has 1 aliphatic heterocycles. The van der Waals surface area contributed by atoms with Crippen LogP contribution in [0, 0.1) is 5.82 Å². The molecule has 4 heterocycles. The first-order valence-corrected chi connectivity index (χ1v) is 13.1. The number of para-hydroxylation sites is 1. The van der Waals surface area contributed by atoms with Gasteiger partial charge in [0.15, 0.2) is 5.82 Å². The molecule has 5 rings (SSSR count). The second-order valence-electron chi connectivity index (χ2n) is 9.91. The number of nitrogens with one attached hydrogen (secondary N) is 3. The maximum Gasteiger partial charge on any atom is 0.256 e. The number of aromatic nitrogens is 5. The highest BCUT2D eigenvalue weighted by Gasteiger charge is 2.30. The van der Waals surface area contributed by atoms with Crippen LogP contribution < -0.4 is 15.4 Å². The maximum atomic E-state index is 15.0. The van der Waals surface area contributed by atoms with Gasteiger partial charge in [-0.15, -0.1) is 5.10 Å². The molecule has 0 bridgehead atoms. The first-order valence-electron chi connectivity index (χ1n) is 13.1. The molecule has 206 valence electrons. The number of carbonyl (C=O) groups is 1. The van der Waals surface area contributed by atoms with Crippen LogP contribution in [0.15, 0.2) is 36.8 Å². The van der Waals surface area contributed by atoms with Gasteiger partial charge in [-0.3, -0.25) is 14.4 Å². The number of piperazine rings is 1. The standard InChI is InChI=1S/C27H34FN9O2/c1-6-39-26-22(15-36(5)34-26)32-27-30-13-20(28)23(33-27)19-12-29-24-18(19)8-7-9-21(24)31-25(38)17(3)37-11-10-35(4)14-16(37)2/h7-9,12-13,15-17,29H,6,10-11,14H2,1-5H3,(H,31,38)(H,30,32,33)/t16-,17-/m1/s1. The summed E-state index contributed by atoms with van der Waals surface area (Å²) in [5.41, 5.74) is 2.58. The van der Waals surface area contributed by atoms with Crippen molar-refractivity contribution in [2.75, 3.05) is 43.9 Å². The normalized spacial score (nSPS) is 17.3. The van der Waals surface area contributed by atoms with Crippen LogP contribution in [0.2, 0.25) is 0 Å². The van der Waals surface area contributed by atoms with E-state index in [9.17, 15) is 4.79 Å². The molecule has 12 heteroatoms. The number of likely N-dealkylation sites (N-methyl/N-ethyl adjacent to an activating group) is 1. The van der Waals surface area contributed by atoms with Crippen molar-refractivity contribution in [2.24, 2.45) is 7.05 Å². The third-order valence-electron chi connectivity index (χ3n) is 7.05. The summed E-state index contributed by atoms with van der Waals surface area (Å²) in [6.45, 7) is 9.06. The Kier molecular flexibility index (Phi) is 7.49. The molecule has 3 N–H and O–H groups in total. The molecule has 0 aliphatic carbocycles. The molecule has 1 aliphatic rings. The Bertz CT molecular complexity index is 1480. The van der Waals surface area contributed by atoms with Crippen LogP contribution in [-0.4, -0.2) is 85.8 Å². The van der Waals surface area contributed by atoms with Gasteiger partial charge in [0.05, 0.1) is 36.2 Å². The largest absolute Gasteiger partial charge is 0.475 e. The first kappa shape index (κ1) is 26.6. The second kappa shape index (κ2) is 11.0. The van der Waals surface area contributed by atoms with E-state index in [4.69, 9.17) is 4.74 Å². The predicted octanol–water partition coefficient (Wildman–Crippen LogP) is 3.60. The third kappa shape index (κ3) is 5.43. The minimum absolute atomic E-state index is 0.0867. The zero-order valence-corrected chi connectivity index (χ0v) is 22.8. The molecule has 0 saturated carbocycles. The maximum absolute atomic E-state index is 15.0. The number of aryl methyl sites for hydroxylation is 1. The van der Waals surface area contributed by atoms with Crippen LogP contribution in [0.5, 0.6) is 5.88 Å². The zero-order chi connectivity index (χ0) is 27.7. The fraction of sp³-hybridized carbons (Fsp3) is 0.407. The first-order chi connectivity index (χ1) is 18.7. The Morgan fingerprint density at radius 1 is 1.28 bits per heavy atom. The third-order valence-corrected chi connectivity index (χ3v) is 7.05. The summed E-state index contributed by atoms with van der Waals surface area (Å²) < 4.78 is 22.2. The number of benzene rings is 1. The molecule has 1 amide bonds. The van der Waals surface area contributed by atoms with Crippen molar-refractivity contribution in [2.45, 2.75) is 32.9 Å². The molecule has 1 aromatic carbocycles. The quantitative estimate of drug-likeness (QED) is 0.313. The lowest BCUT2D eigenvalue weighted by atomic mass is 10.1. The number of hydrogen-bond acceptors (Lipinski definition) is 8. The van der Waals surface area contributed by atoms with Crippen molar-refractivity contribution in [3.8, 4) is 17.1 Å². The number of fused-ring (bicyclic) bond motifs is 1. The fourth-order valence-corrected chi connectivity index (χ4v) is 5.11. The summed E-state index contributed by atoms with van der Waals surface area (Å²) in [6.07, 6.45) is 4.56. The van der Waals surface area contributed by atoms with Crippen LogP contribution in [0.3, 0.4) is 0 Å². The van der Waals surface area contributed by atoms with Crippen molar-refractivity contribution in [3.63, 3.8) is 0 Å². The summed E-state index contributed by atoms with van der Waals surface area (Å²) >= 11 is 0. The summed E-state index contributed by atoms with van der Waals surface area (Å²) in [5.74, 6) is -0.0439. The van der Waals surface area contributed by atoms with E-state index in [1.807, 2.05) is 32.0 Å². The fourth-order valence-electron chi connectivity index (χ4n) is 5.11. The van der Waals surface area contributed by atoms with Gasteiger partial charge in [-0.1, -0.05) is 12.1 Å². The van der Waals surface area contributed by atoms with Crippen molar-refractivity contribution in [3.05, 3.63) is 42.6 Å². The monoisotopic (exact) mass is 535 g/mol. The van der Waals surface area contributed by atoms with Gasteiger partial charge >= 0.3 is 0 Å². The van der Waals surface area contributed by atoms with Gasteiger partial charge in [0, 0.05) is 49.9 Å². The van der Waals surface area contributed by atoms with Gasteiger partial charge in [0.25, 0.3) is 5.88 Å². The molecule has 3 aromatic heterocycles. The predicted molar refractivity (Wildman–Crippen MR) is 149 cm³/mol. The molecule has 11 nitrogen and oxygen atoms in total. The Morgan fingerprint density at radius 3 is 2.87 bits per heavy atom. The number of hydrogen-bond donors (Lipinski definition) is 3. The number of rotatable bonds is 8. The number of H-pyrrole nitrogens is 1. The van der Waals surface area contributed by atoms with Crippen molar-refractivity contribution < 1.29 is 13.9 Å². The number of ether oxygens (including phenoxy) is 1. The zero-order valence-electron chi connectivity index (χ0n) is 22.8. The number of amides is 1. The molecule has 4 aromatic rings. The van der Waals surface area contributed by atoms with Gasteiger partial charge in [0.1, 0.15) is 11.4 Å². The van der Waals surface area contributed by atoms with E-state index in [0.717, 1.165) is 31.2 Å². The highest BCUT2D eigenvalue weighted by Crippen LogP contribution is 2.34. The van der Waals surface area contributed by atoms with Gasteiger partial charge in [-0.05, 0) is 33.9 Å². The number of aromatic amines is 1. The SMILES string of the molecule is CCOc1nn(C)cc1Nc1ncc(F)c(-c2c[nH]c3c(NC(=O)[C@@H](C)N4CCN(C)C[C@H]4C)cccc23)n1.